The van der Waals surface area contributed by atoms with Crippen molar-refractivity contribution < 1.29 is 9.18 Å². The number of carbonyl (C=O) groups is 1. The molecule has 1 aliphatic rings. The van der Waals surface area contributed by atoms with E-state index in [1.807, 2.05) is 17.0 Å². The molecular weight excluding hydrogens is 319 g/mol. The molecule has 0 bridgehead atoms. The summed E-state index contributed by atoms with van der Waals surface area (Å²) in [4.78, 5) is 18.9. The minimum Gasteiger partial charge on any atom is -0.368 e. The maximum Gasteiger partial charge on any atom is 0.248 e. The van der Waals surface area contributed by atoms with E-state index in [0.29, 0.717) is 29.4 Å². The second kappa shape index (κ2) is 6.42. The van der Waals surface area contributed by atoms with Crippen LogP contribution in [0.3, 0.4) is 0 Å². The molecule has 2 N–H and O–H groups in total. The van der Waals surface area contributed by atoms with Crippen molar-refractivity contribution in [3.63, 3.8) is 0 Å². The summed E-state index contributed by atoms with van der Waals surface area (Å²) in [7, 11) is 0. The first-order valence-corrected chi connectivity index (χ1v) is 7.63. The van der Waals surface area contributed by atoms with E-state index in [4.69, 9.17) is 17.3 Å². The smallest absolute Gasteiger partial charge is 0.248 e. The monoisotopic (exact) mass is 334 g/mol. The fourth-order valence-electron chi connectivity index (χ4n) is 2.73. The second-order valence-electron chi connectivity index (χ2n) is 5.34. The Morgan fingerprint density at radius 1 is 1.09 bits per heavy atom. The molecule has 2 heterocycles. The highest BCUT2D eigenvalue weighted by Gasteiger charge is 2.22. The van der Waals surface area contributed by atoms with Gasteiger partial charge in [0.25, 0.3) is 0 Å². The van der Waals surface area contributed by atoms with Crippen molar-refractivity contribution in [3.05, 3.63) is 53.1 Å². The largest absolute Gasteiger partial charge is 0.368 e. The van der Waals surface area contributed by atoms with Gasteiger partial charge in [-0.25, -0.2) is 4.39 Å². The predicted octanol–water partition coefficient (Wildman–Crippen LogP) is 2.30. The second-order valence-corrected chi connectivity index (χ2v) is 5.74. The molecule has 0 spiro atoms. The summed E-state index contributed by atoms with van der Waals surface area (Å²) >= 11 is 6.06. The number of hydrogen-bond donors (Lipinski definition) is 1. The number of anilines is 2. The molecule has 3 rings (SSSR count). The van der Waals surface area contributed by atoms with Crippen molar-refractivity contribution in [2.24, 2.45) is 5.73 Å². The van der Waals surface area contributed by atoms with Crippen LogP contribution in [0, 0.1) is 5.82 Å². The van der Waals surface area contributed by atoms with Crippen LogP contribution in [0.2, 0.25) is 5.02 Å². The zero-order valence-corrected chi connectivity index (χ0v) is 13.1. The van der Waals surface area contributed by atoms with Gasteiger partial charge >= 0.3 is 0 Å². The van der Waals surface area contributed by atoms with Crippen LogP contribution in [-0.4, -0.2) is 37.1 Å². The molecule has 1 amide bonds. The van der Waals surface area contributed by atoms with E-state index < -0.39 is 11.7 Å². The number of rotatable bonds is 3. The van der Waals surface area contributed by atoms with Crippen LogP contribution in [-0.2, 0) is 0 Å². The third-order valence-electron chi connectivity index (χ3n) is 3.94. The Morgan fingerprint density at radius 3 is 2.26 bits per heavy atom. The lowest BCUT2D eigenvalue weighted by Gasteiger charge is -2.37. The van der Waals surface area contributed by atoms with Gasteiger partial charge in [-0.15, -0.1) is 0 Å². The Hall–Kier alpha value is -2.34. The summed E-state index contributed by atoms with van der Waals surface area (Å²) in [6, 6.07) is 7.17. The number of primary amides is 1. The van der Waals surface area contributed by atoms with Gasteiger partial charge in [-0.2, -0.15) is 0 Å². The quantitative estimate of drug-likeness (QED) is 0.935. The summed E-state index contributed by atoms with van der Waals surface area (Å²) in [6.45, 7) is 2.76. The van der Waals surface area contributed by atoms with E-state index in [-0.39, 0.29) is 0 Å². The maximum atomic E-state index is 13.9. The predicted molar refractivity (Wildman–Crippen MR) is 88.6 cm³/mol. The standard InChI is InChI=1S/C16H16ClFN4O/c17-13-9-20-10-14(18)15(13)22-7-5-21(6-8-22)12-3-1-11(2-4-12)16(19)23/h1-4,9-10H,5-8H2,(H2,19,23). The highest BCUT2D eigenvalue weighted by molar-refractivity contribution is 6.33. The first-order chi connectivity index (χ1) is 11.1. The van der Waals surface area contributed by atoms with Crippen molar-refractivity contribution in [1.29, 1.82) is 0 Å². The van der Waals surface area contributed by atoms with E-state index in [1.54, 1.807) is 12.1 Å². The lowest BCUT2D eigenvalue weighted by Crippen LogP contribution is -2.47. The van der Waals surface area contributed by atoms with Gasteiger partial charge in [0, 0.05) is 43.6 Å². The third-order valence-corrected chi connectivity index (χ3v) is 4.22. The van der Waals surface area contributed by atoms with Gasteiger partial charge in [-0.1, -0.05) is 11.6 Å². The van der Waals surface area contributed by atoms with Crippen molar-refractivity contribution in [2.45, 2.75) is 0 Å². The van der Waals surface area contributed by atoms with Crippen molar-refractivity contribution in [2.75, 3.05) is 36.0 Å². The van der Waals surface area contributed by atoms with E-state index >= 15 is 0 Å². The lowest BCUT2D eigenvalue weighted by atomic mass is 10.1. The molecule has 0 radical (unpaired) electrons. The lowest BCUT2D eigenvalue weighted by molar-refractivity contribution is 0.100. The SMILES string of the molecule is NC(=O)c1ccc(N2CCN(c3c(F)cncc3Cl)CC2)cc1. The summed E-state index contributed by atoms with van der Waals surface area (Å²) in [5, 5.41) is 0.323. The molecule has 1 fully saturated rings. The zero-order valence-electron chi connectivity index (χ0n) is 12.4. The fraction of sp³-hybridized carbons (Fsp3) is 0.250. The zero-order chi connectivity index (χ0) is 16.4. The number of carbonyl (C=O) groups excluding carboxylic acids is 1. The van der Waals surface area contributed by atoms with Crippen LogP contribution >= 0.6 is 11.6 Å². The molecule has 23 heavy (non-hydrogen) atoms. The molecule has 1 aliphatic heterocycles. The van der Waals surface area contributed by atoms with Gasteiger partial charge in [0.2, 0.25) is 5.91 Å². The topological polar surface area (TPSA) is 62.5 Å². The average Bonchev–Trinajstić information content (AvgIpc) is 2.55. The number of benzene rings is 1. The minimum absolute atomic E-state index is 0.323. The highest BCUT2D eigenvalue weighted by Crippen LogP contribution is 2.29. The molecule has 0 aliphatic carbocycles. The summed E-state index contributed by atoms with van der Waals surface area (Å²) in [5.74, 6) is -0.846. The molecule has 1 aromatic heterocycles. The fourth-order valence-corrected chi connectivity index (χ4v) is 3.00. The number of amides is 1. The molecule has 7 heteroatoms. The molecule has 120 valence electrons. The van der Waals surface area contributed by atoms with Gasteiger partial charge in [0.05, 0.1) is 16.9 Å². The summed E-state index contributed by atoms with van der Waals surface area (Å²) < 4.78 is 13.9. The molecular formula is C16H16ClFN4O. The number of aromatic nitrogens is 1. The molecule has 0 saturated carbocycles. The van der Waals surface area contributed by atoms with Gasteiger partial charge in [-0.05, 0) is 24.3 Å². The highest BCUT2D eigenvalue weighted by atomic mass is 35.5. The van der Waals surface area contributed by atoms with E-state index in [0.717, 1.165) is 18.8 Å². The van der Waals surface area contributed by atoms with Crippen LogP contribution in [0.5, 0.6) is 0 Å². The van der Waals surface area contributed by atoms with Gasteiger partial charge in [-0.3, -0.25) is 9.78 Å². The van der Waals surface area contributed by atoms with Crippen LogP contribution in [0.1, 0.15) is 10.4 Å². The number of halogens is 2. The molecule has 2 aromatic rings. The van der Waals surface area contributed by atoms with E-state index in [2.05, 4.69) is 9.88 Å². The normalized spacial score (nSPS) is 14.9. The third kappa shape index (κ3) is 3.22. The number of nitrogens with two attached hydrogens (primary N) is 1. The van der Waals surface area contributed by atoms with Gasteiger partial charge in [0.1, 0.15) is 0 Å². The van der Waals surface area contributed by atoms with Crippen LogP contribution in [0.25, 0.3) is 0 Å². The number of piperazine rings is 1. The van der Waals surface area contributed by atoms with E-state index in [1.165, 1.54) is 12.4 Å². The summed E-state index contributed by atoms with van der Waals surface area (Å²) in [5.41, 5.74) is 7.14. The molecule has 1 saturated heterocycles. The van der Waals surface area contributed by atoms with Crippen molar-refractivity contribution >= 4 is 28.9 Å². The van der Waals surface area contributed by atoms with Crippen LogP contribution in [0.4, 0.5) is 15.8 Å². The Kier molecular flexibility index (Phi) is 4.34. The molecule has 5 nitrogen and oxygen atoms in total. The first kappa shape index (κ1) is 15.6. The Morgan fingerprint density at radius 2 is 1.70 bits per heavy atom. The Bertz CT molecular complexity index is 694. The molecule has 0 unspecified atom stereocenters. The Balaban J connectivity index is 1.70. The van der Waals surface area contributed by atoms with Crippen molar-refractivity contribution in [3.8, 4) is 0 Å². The minimum atomic E-state index is -0.441. The Labute approximate surface area is 138 Å². The number of nitrogens with zero attached hydrogens (tertiary/aromatic N) is 3. The number of pyridine rings is 1. The summed E-state index contributed by atoms with van der Waals surface area (Å²) in [6.07, 6.45) is 2.63. The number of hydrogen-bond acceptors (Lipinski definition) is 4. The van der Waals surface area contributed by atoms with Crippen LogP contribution in [0.15, 0.2) is 36.7 Å². The average molecular weight is 335 g/mol. The first-order valence-electron chi connectivity index (χ1n) is 7.25. The van der Waals surface area contributed by atoms with Crippen molar-refractivity contribution in [1.82, 2.24) is 4.98 Å². The maximum absolute atomic E-state index is 13.9. The molecule has 1 aromatic carbocycles. The van der Waals surface area contributed by atoms with Crippen LogP contribution < -0.4 is 15.5 Å². The van der Waals surface area contributed by atoms with Gasteiger partial charge in [0.15, 0.2) is 5.82 Å². The molecule has 0 atom stereocenters. The van der Waals surface area contributed by atoms with Gasteiger partial charge < -0.3 is 15.5 Å². The van der Waals surface area contributed by atoms with E-state index in [9.17, 15) is 9.18 Å².